The fraction of sp³-hybridized carbons (Fsp3) is 0.267. The number of nitrogens with one attached hydrogen (secondary N) is 3. The zero-order chi connectivity index (χ0) is 16.8. The molecule has 2 aromatic rings. The molecule has 2 rings (SSSR count). The molecule has 3 N–H and O–H groups in total. The maximum atomic E-state index is 12.8. The third kappa shape index (κ3) is 4.49. The summed E-state index contributed by atoms with van der Waals surface area (Å²) in [7, 11) is 0. The Bertz CT molecular complexity index is 700. The second-order valence-electron chi connectivity index (χ2n) is 4.80. The third-order valence-corrected chi connectivity index (χ3v) is 3.40. The molecule has 0 atom stereocenters. The molecule has 1 aromatic carbocycles. The smallest absolute Gasteiger partial charge is 0.275 e. The van der Waals surface area contributed by atoms with E-state index in [0.29, 0.717) is 30.0 Å². The van der Waals surface area contributed by atoms with Gasteiger partial charge in [-0.15, -0.1) is 0 Å². The number of aromatic nitrogens is 1. The maximum absolute atomic E-state index is 12.8. The van der Waals surface area contributed by atoms with Crippen molar-refractivity contribution in [3.05, 3.63) is 52.7 Å². The summed E-state index contributed by atoms with van der Waals surface area (Å²) in [6, 6.07) is 6.04. The van der Waals surface area contributed by atoms with E-state index in [0.717, 1.165) is 5.56 Å². The number of rotatable bonds is 4. The molecule has 0 aliphatic carbocycles. The zero-order valence-electron chi connectivity index (χ0n) is 12.8. The van der Waals surface area contributed by atoms with Gasteiger partial charge in [-0.1, -0.05) is 24.2 Å². The van der Waals surface area contributed by atoms with Crippen LogP contribution >= 0.6 is 12.2 Å². The molecule has 1 heterocycles. The van der Waals surface area contributed by atoms with E-state index < -0.39 is 0 Å². The average molecular weight is 336 g/mol. The predicted octanol–water partition coefficient (Wildman–Crippen LogP) is 1.99. The first kappa shape index (κ1) is 16.9. The lowest BCUT2D eigenvalue weighted by molar-refractivity contribution is 0.0941. The minimum atomic E-state index is -0.369. The van der Waals surface area contributed by atoms with Gasteiger partial charge in [-0.05, 0) is 43.3 Å². The number of nitrogens with zero attached hydrogens (tertiary/aromatic N) is 1. The van der Waals surface area contributed by atoms with Crippen LogP contribution in [-0.2, 0) is 13.0 Å². The summed E-state index contributed by atoms with van der Waals surface area (Å²) in [5.41, 5.74) is 6.96. The normalized spacial score (nSPS) is 10.2. The number of amides is 1. The highest BCUT2D eigenvalue weighted by atomic mass is 32.1. The molecule has 0 aliphatic rings. The van der Waals surface area contributed by atoms with E-state index in [-0.39, 0.29) is 16.8 Å². The highest BCUT2D eigenvalue weighted by Crippen LogP contribution is 2.13. The molecule has 1 aromatic heterocycles. The molecular formula is C15H17FN4O2S. The summed E-state index contributed by atoms with van der Waals surface area (Å²) < 4.78 is 17.8. The van der Waals surface area contributed by atoms with Crippen LogP contribution < -0.4 is 16.2 Å². The number of hydrogen-bond donors (Lipinski definition) is 3. The number of halogens is 1. The third-order valence-electron chi connectivity index (χ3n) is 3.15. The Morgan fingerprint density at radius 1 is 1.30 bits per heavy atom. The van der Waals surface area contributed by atoms with Crippen molar-refractivity contribution >= 4 is 23.2 Å². The maximum Gasteiger partial charge on any atom is 0.275 e. The van der Waals surface area contributed by atoms with Crippen molar-refractivity contribution in [3.63, 3.8) is 0 Å². The first-order chi connectivity index (χ1) is 11.0. The van der Waals surface area contributed by atoms with Crippen molar-refractivity contribution in [1.82, 2.24) is 21.3 Å². The Morgan fingerprint density at radius 3 is 2.65 bits per heavy atom. The van der Waals surface area contributed by atoms with E-state index in [2.05, 4.69) is 21.3 Å². The van der Waals surface area contributed by atoms with E-state index in [9.17, 15) is 9.18 Å². The van der Waals surface area contributed by atoms with Crippen LogP contribution in [0.4, 0.5) is 4.39 Å². The number of hydrazine groups is 1. The lowest BCUT2D eigenvalue weighted by atomic mass is 10.1. The topological polar surface area (TPSA) is 79.2 Å². The SMILES string of the molecule is CCc1noc(C)c1C(=O)NNC(=S)NCc1ccc(F)cc1. The minimum absolute atomic E-state index is 0.245. The monoisotopic (exact) mass is 336 g/mol. The van der Waals surface area contributed by atoms with Crippen molar-refractivity contribution in [1.29, 1.82) is 0 Å². The van der Waals surface area contributed by atoms with Gasteiger partial charge in [-0.2, -0.15) is 0 Å². The molecule has 0 saturated carbocycles. The summed E-state index contributed by atoms with van der Waals surface area (Å²) >= 11 is 5.07. The Hall–Kier alpha value is -2.48. The molecule has 0 aliphatic heterocycles. The van der Waals surface area contributed by atoms with Crippen molar-refractivity contribution in [2.45, 2.75) is 26.8 Å². The number of thiocarbonyl (C=S) groups is 1. The van der Waals surface area contributed by atoms with E-state index in [1.54, 1.807) is 19.1 Å². The largest absolute Gasteiger partial charge is 0.361 e. The van der Waals surface area contributed by atoms with Gasteiger partial charge in [0.25, 0.3) is 5.91 Å². The quantitative estimate of drug-likeness (QED) is 0.585. The molecule has 122 valence electrons. The van der Waals surface area contributed by atoms with Crippen LogP contribution in [0, 0.1) is 12.7 Å². The van der Waals surface area contributed by atoms with Gasteiger partial charge in [0.1, 0.15) is 17.1 Å². The fourth-order valence-corrected chi connectivity index (χ4v) is 2.08. The van der Waals surface area contributed by atoms with Gasteiger partial charge in [-0.3, -0.25) is 15.6 Å². The van der Waals surface area contributed by atoms with Gasteiger partial charge in [0.2, 0.25) is 0 Å². The minimum Gasteiger partial charge on any atom is -0.361 e. The van der Waals surface area contributed by atoms with Crippen LogP contribution in [0.25, 0.3) is 0 Å². The molecule has 0 saturated heterocycles. The fourth-order valence-electron chi connectivity index (χ4n) is 1.96. The highest BCUT2D eigenvalue weighted by Gasteiger charge is 2.18. The van der Waals surface area contributed by atoms with Crippen molar-refractivity contribution in [2.24, 2.45) is 0 Å². The molecule has 8 heteroatoms. The highest BCUT2D eigenvalue weighted by molar-refractivity contribution is 7.80. The molecule has 6 nitrogen and oxygen atoms in total. The van der Waals surface area contributed by atoms with E-state index in [1.807, 2.05) is 6.92 Å². The summed E-state index contributed by atoms with van der Waals surface area (Å²) in [5.74, 6) is -0.213. The second-order valence-corrected chi connectivity index (χ2v) is 5.21. The molecule has 0 spiro atoms. The number of aryl methyl sites for hydroxylation is 2. The Balaban J connectivity index is 1.83. The van der Waals surface area contributed by atoms with Gasteiger partial charge in [-0.25, -0.2) is 4.39 Å². The molecule has 1 amide bonds. The van der Waals surface area contributed by atoms with Crippen LogP contribution in [0.5, 0.6) is 0 Å². The Morgan fingerprint density at radius 2 is 2.00 bits per heavy atom. The van der Waals surface area contributed by atoms with Crippen LogP contribution in [0.15, 0.2) is 28.8 Å². The summed E-state index contributed by atoms with van der Waals surface area (Å²) in [6.45, 7) is 3.97. The van der Waals surface area contributed by atoms with E-state index in [4.69, 9.17) is 16.7 Å². The number of benzene rings is 1. The Kier molecular flexibility index (Phi) is 5.64. The first-order valence-electron chi connectivity index (χ1n) is 7.05. The second kappa shape index (κ2) is 7.68. The number of carbonyl (C=O) groups is 1. The summed E-state index contributed by atoms with van der Waals surface area (Å²) in [5, 5.41) is 6.97. The number of carbonyl (C=O) groups excluding carboxylic acids is 1. The van der Waals surface area contributed by atoms with Crippen LogP contribution in [0.2, 0.25) is 0 Å². The van der Waals surface area contributed by atoms with Crippen molar-refractivity contribution in [3.8, 4) is 0 Å². The van der Waals surface area contributed by atoms with E-state index >= 15 is 0 Å². The van der Waals surface area contributed by atoms with Crippen molar-refractivity contribution < 1.29 is 13.7 Å². The van der Waals surface area contributed by atoms with Crippen LogP contribution in [-0.4, -0.2) is 16.2 Å². The van der Waals surface area contributed by atoms with Crippen molar-refractivity contribution in [2.75, 3.05) is 0 Å². The van der Waals surface area contributed by atoms with Gasteiger partial charge in [0, 0.05) is 6.54 Å². The molecular weight excluding hydrogens is 319 g/mol. The van der Waals surface area contributed by atoms with E-state index in [1.165, 1.54) is 12.1 Å². The lowest BCUT2D eigenvalue weighted by Crippen LogP contribution is -2.46. The van der Waals surface area contributed by atoms with Gasteiger partial charge in [0.15, 0.2) is 5.11 Å². The standard InChI is InChI=1S/C15H17FN4O2S/c1-3-12-13(9(2)22-20-12)14(21)18-19-15(23)17-8-10-4-6-11(16)7-5-10/h4-7H,3,8H2,1-2H3,(H,18,21)(H2,17,19,23). The number of hydrogen-bond acceptors (Lipinski definition) is 4. The molecule has 0 radical (unpaired) electrons. The molecule has 23 heavy (non-hydrogen) atoms. The Labute approximate surface area is 138 Å². The van der Waals surface area contributed by atoms with Crippen LogP contribution in [0.1, 0.15) is 34.3 Å². The lowest BCUT2D eigenvalue weighted by Gasteiger charge is -2.11. The van der Waals surface area contributed by atoms with Gasteiger partial charge < -0.3 is 9.84 Å². The average Bonchev–Trinajstić information content (AvgIpc) is 2.93. The molecule has 0 unspecified atom stereocenters. The van der Waals surface area contributed by atoms with Gasteiger partial charge in [0.05, 0.1) is 5.69 Å². The van der Waals surface area contributed by atoms with Crippen LogP contribution in [0.3, 0.4) is 0 Å². The summed E-state index contributed by atoms with van der Waals surface area (Å²) in [4.78, 5) is 12.1. The molecule has 0 fully saturated rings. The first-order valence-corrected chi connectivity index (χ1v) is 7.45. The zero-order valence-corrected chi connectivity index (χ0v) is 13.6. The summed E-state index contributed by atoms with van der Waals surface area (Å²) in [6.07, 6.45) is 0.591. The molecule has 0 bridgehead atoms. The van der Waals surface area contributed by atoms with Gasteiger partial charge >= 0.3 is 0 Å². The predicted molar refractivity (Wildman–Crippen MR) is 87.1 cm³/mol.